The molecule has 1 saturated carbocycles. The topological polar surface area (TPSA) is 116 Å². The van der Waals surface area contributed by atoms with E-state index in [-0.39, 0.29) is 36.2 Å². The highest BCUT2D eigenvalue weighted by Gasteiger charge is 2.70. The van der Waals surface area contributed by atoms with Crippen LogP contribution >= 0.6 is 27.5 Å². The summed E-state index contributed by atoms with van der Waals surface area (Å²) in [6.07, 6.45) is 2.18. The Kier molecular flexibility index (Phi) is 8.03. The summed E-state index contributed by atoms with van der Waals surface area (Å²) in [5.74, 6) is -6.65. The molecule has 8 rings (SSSR count). The summed E-state index contributed by atoms with van der Waals surface area (Å²) in [7, 11) is 1.41. The molecule has 2 N–H and O–H groups in total. The molecule has 2 aliphatic carbocycles. The number of hydrazine groups is 1. The third-order valence-corrected chi connectivity index (χ3v) is 11.6. The molecule has 4 aromatic carbocycles. The molecule has 51 heavy (non-hydrogen) atoms. The van der Waals surface area contributed by atoms with E-state index in [4.69, 9.17) is 16.3 Å². The Morgan fingerprint density at radius 2 is 1.63 bits per heavy atom. The van der Waals surface area contributed by atoms with Gasteiger partial charge in [0.25, 0.3) is 11.8 Å². The molecule has 4 amide bonds. The van der Waals surface area contributed by atoms with Gasteiger partial charge in [-0.1, -0.05) is 69.5 Å². The lowest BCUT2D eigenvalue weighted by molar-refractivity contribution is -0.138. The van der Waals surface area contributed by atoms with E-state index in [1.54, 1.807) is 66.7 Å². The molecular formula is C39H30BrClFN3O6. The predicted molar refractivity (Wildman–Crippen MR) is 190 cm³/mol. The van der Waals surface area contributed by atoms with E-state index in [2.05, 4.69) is 21.4 Å². The van der Waals surface area contributed by atoms with Crippen LogP contribution in [0.15, 0.2) is 107 Å². The van der Waals surface area contributed by atoms with E-state index in [9.17, 15) is 23.9 Å². The van der Waals surface area contributed by atoms with Gasteiger partial charge in [0.15, 0.2) is 11.5 Å². The number of hydrogen-bond donors (Lipinski definition) is 2. The van der Waals surface area contributed by atoms with Gasteiger partial charge in [0, 0.05) is 21.0 Å². The second kappa shape index (κ2) is 12.3. The average Bonchev–Trinajstić information content (AvgIpc) is 3.51. The molecule has 0 radical (unpaired) electrons. The summed E-state index contributed by atoms with van der Waals surface area (Å²) in [6, 6.07) is 24.0. The summed E-state index contributed by atoms with van der Waals surface area (Å²) in [5.41, 5.74) is 3.47. The monoisotopic (exact) mass is 769 g/mol. The first-order valence-corrected chi connectivity index (χ1v) is 17.6. The summed E-state index contributed by atoms with van der Waals surface area (Å²) in [4.78, 5) is 59.6. The van der Waals surface area contributed by atoms with Gasteiger partial charge in [-0.3, -0.25) is 29.5 Å². The van der Waals surface area contributed by atoms with Crippen LogP contribution in [-0.2, 0) is 24.6 Å². The second-order valence-corrected chi connectivity index (χ2v) is 14.6. The maximum Gasteiger partial charge on any atom is 0.260 e. The van der Waals surface area contributed by atoms with Crippen molar-refractivity contribution in [1.29, 1.82) is 0 Å². The van der Waals surface area contributed by atoms with Crippen molar-refractivity contribution in [3.05, 3.63) is 129 Å². The van der Waals surface area contributed by atoms with Gasteiger partial charge in [-0.2, -0.15) is 5.01 Å². The molecule has 0 bridgehead atoms. The number of anilines is 2. The number of halogens is 3. The van der Waals surface area contributed by atoms with Crippen LogP contribution in [-0.4, -0.2) is 40.9 Å². The van der Waals surface area contributed by atoms with Crippen molar-refractivity contribution in [2.24, 2.45) is 23.7 Å². The Labute approximate surface area is 305 Å². The molecule has 0 aromatic heterocycles. The SMILES string of the molecule is COc1cc(Br)cc(C2C3=CCC4C(=O)N(c5ccccc5)C(=O)C4C3CC3C(=O)N(Nc4ccc(F)cc4)C(=O)C32c2ccc(Cl)cc2)c1O. The Balaban J connectivity index is 1.36. The number of fused-ring (bicyclic) bond motifs is 4. The van der Waals surface area contributed by atoms with Gasteiger partial charge >= 0.3 is 0 Å². The van der Waals surface area contributed by atoms with E-state index >= 15 is 4.79 Å². The normalized spacial score (nSPS) is 26.8. The number of rotatable bonds is 6. The lowest BCUT2D eigenvalue weighted by atomic mass is 9.49. The summed E-state index contributed by atoms with van der Waals surface area (Å²) in [6.45, 7) is 0. The predicted octanol–water partition coefficient (Wildman–Crippen LogP) is 7.15. The maximum absolute atomic E-state index is 15.3. The largest absolute Gasteiger partial charge is 0.504 e. The number of para-hydroxylation sites is 1. The number of carbonyl (C=O) groups excluding carboxylic acids is 4. The average molecular weight is 771 g/mol. The zero-order chi connectivity index (χ0) is 35.8. The zero-order valence-electron chi connectivity index (χ0n) is 27.1. The minimum atomic E-state index is -1.65. The Bertz CT molecular complexity index is 2150. The van der Waals surface area contributed by atoms with Crippen molar-refractivity contribution in [3.8, 4) is 11.5 Å². The van der Waals surface area contributed by atoms with Crippen LogP contribution in [0.3, 0.4) is 0 Å². The van der Waals surface area contributed by atoms with Gasteiger partial charge in [0.05, 0.1) is 41.7 Å². The lowest BCUT2D eigenvalue weighted by Gasteiger charge is -2.50. The van der Waals surface area contributed by atoms with E-state index in [1.807, 2.05) is 6.08 Å². The van der Waals surface area contributed by atoms with Crippen molar-refractivity contribution in [2.45, 2.75) is 24.2 Å². The molecule has 0 spiro atoms. The number of benzene rings is 4. The minimum Gasteiger partial charge on any atom is -0.504 e. The number of carbonyl (C=O) groups is 4. The fraction of sp³-hybridized carbons (Fsp3) is 0.231. The summed E-state index contributed by atoms with van der Waals surface area (Å²) in [5, 5.41) is 13.2. The number of nitrogens with zero attached hydrogens (tertiary/aromatic N) is 2. The first-order chi connectivity index (χ1) is 24.6. The molecule has 2 heterocycles. The zero-order valence-corrected chi connectivity index (χ0v) is 29.4. The summed E-state index contributed by atoms with van der Waals surface area (Å²) >= 11 is 9.90. The number of hydrogen-bond acceptors (Lipinski definition) is 7. The molecule has 9 nitrogen and oxygen atoms in total. The number of imide groups is 2. The molecule has 2 saturated heterocycles. The van der Waals surface area contributed by atoms with Crippen molar-refractivity contribution in [2.75, 3.05) is 17.4 Å². The van der Waals surface area contributed by atoms with Gasteiger partial charge in [0.2, 0.25) is 11.8 Å². The fourth-order valence-electron chi connectivity index (χ4n) is 8.80. The molecule has 12 heteroatoms. The number of ether oxygens (including phenoxy) is 1. The highest BCUT2D eigenvalue weighted by atomic mass is 79.9. The number of aromatic hydroxyl groups is 1. The van der Waals surface area contributed by atoms with Gasteiger partial charge in [0.1, 0.15) is 5.82 Å². The molecule has 4 aliphatic rings. The Hall–Kier alpha value is -5.00. The van der Waals surface area contributed by atoms with E-state index in [1.165, 1.54) is 36.3 Å². The molecule has 2 aliphatic heterocycles. The van der Waals surface area contributed by atoms with E-state index in [0.29, 0.717) is 37.6 Å². The smallest absolute Gasteiger partial charge is 0.260 e. The first-order valence-electron chi connectivity index (χ1n) is 16.4. The first kappa shape index (κ1) is 33.2. The molecule has 6 unspecified atom stereocenters. The van der Waals surface area contributed by atoms with E-state index < -0.39 is 52.6 Å². The quantitative estimate of drug-likeness (QED) is 0.158. The van der Waals surface area contributed by atoms with Crippen LogP contribution in [0, 0.1) is 29.5 Å². The van der Waals surface area contributed by atoms with Crippen molar-refractivity contribution in [1.82, 2.24) is 5.01 Å². The van der Waals surface area contributed by atoms with Crippen LogP contribution in [0.4, 0.5) is 15.8 Å². The van der Waals surface area contributed by atoms with E-state index in [0.717, 1.165) is 5.01 Å². The third kappa shape index (κ3) is 4.92. The molecule has 258 valence electrons. The van der Waals surface area contributed by atoms with Crippen LogP contribution in [0.25, 0.3) is 0 Å². The van der Waals surface area contributed by atoms with Crippen LogP contribution in [0.2, 0.25) is 5.02 Å². The maximum atomic E-state index is 15.3. The highest BCUT2D eigenvalue weighted by molar-refractivity contribution is 9.10. The second-order valence-electron chi connectivity index (χ2n) is 13.3. The molecule has 3 fully saturated rings. The van der Waals surface area contributed by atoms with Crippen molar-refractivity contribution >= 4 is 62.5 Å². The van der Waals surface area contributed by atoms with Crippen LogP contribution in [0.1, 0.15) is 29.9 Å². The molecule has 4 aromatic rings. The van der Waals surface area contributed by atoms with Gasteiger partial charge < -0.3 is 9.84 Å². The van der Waals surface area contributed by atoms with Crippen molar-refractivity contribution in [3.63, 3.8) is 0 Å². The number of nitrogens with one attached hydrogen (secondary N) is 1. The third-order valence-electron chi connectivity index (χ3n) is 10.9. The number of phenols is 1. The van der Waals surface area contributed by atoms with Crippen molar-refractivity contribution < 1.29 is 33.4 Å². The van der Waals surface area contributed by atoms with Gasteiger partial charge in [-0.25, -0.2) is 4.39 Å². The Morgan fingerprint density at radius 1 is 0.922 bits per heavy atom. The van der Waals surface area contributed by atoms with Crippen LogP contribution < -0.4 is 15.1 Å². The number of phenolic OH excluding ortho intramolecular Hbond substituents is 1. The summed E-state index contributed by atoms with van der Waals surface area (Å²) < 4.78 is 20.0. The molecular weight excluding hydrogens is 741 g/mol. The number of allylic oxidation sites excluding steroid dienone is 2. The highest BCUT2D eigenvalue weighted by Crippen LogP contribution is 2.65. The minimum absolute atomic E-state index is 0.0614. The van der Waals surface area contributed by atoms with Gasteiger partial charge in [-0.05, 0) is 85.0 Å². The Morgan fingerprint density at radius 3 is 2.31 bits per heavy atom. The number of methoxy groups -OCH3 is 1. The van der Waals surface area contributed by atoms with Gasteiger partial charge in [-0.15, -0.1) is 0 Å². The fourth-order valence-corrected chi connectivity index (χ4v) is 9.38. The van der Waals surface area contributed by atoms with Crippen LogP contribution in [0.5, 0.6) is 11.5 Å². The lowest BCUT2D eigenvalue weighted by Crippen LogP contribution is -2.53. The standard InChI is InChI=1S/C39H30BrClFN3O6/c1-51-31-18-21(40)17-29(34(31)46)33-26-15-16-27-32(37(49)44(35(27)47)25-5-3-2-4-6-25)28(26)19-30-36(48)45(43-24-13-11-23(42)12-14-24)38(50)39(30,33)20-7-9-22(41)10-8-20/h2-15,17-18,27-28,30,32-33,43,46H,16,19H2,1H3. The molecule has 6 atom stereocenters. The number of amides is 4.